The first-order valence-corrected chi connectivity index (χ1v) is 5.65. The Morgan fingerprint density at radius 2 is 2.21 bits per heavy atom. The molecule has 1 heterocycles. The summed E-state index contributed by atoms with van der Waals surface area (Å²) in [5, 5.41) is 9.01. The first-order chi connectivity index (χ1) is 9.22. The molecule has 0 fully saturated rings. The highest BCUT2D eigenvalue weighted by atomic mass is 16.5. The summed E-state index contributed by atoms with van der Waals surface area (Å²) in [5.41, 5.74) is 2.75. The van der Waals surface area contributed by atoms with Gasteiger partial charge in [0.1, 0.15) is 18.1 Å². The highest BCUT2D eigenvalue weighted by Crippen LogP contribution is 2.16. The van der Waals surface area contributed by atoms with E-state index in [4.69, 9.17) is 20.1 Å². The van der Waals surface area contributed by atoms with Crippen molar-refractivity contribution in [2.75, 3.05) is 0 Å². The normalized spacial score (nSPS) is 10.2. The number of nitrogens with one attached hydrogen (secondary N) is 1. The third-order valence-electron chi connectivity index (χ3n) is 2.48. The smallest absolute Gasteiger partial charge is 0.300 e. The molecule has 1 amide bonds. The fourth-order valence-corrected chi connectivity index (χ4v) is 1.54. The number of amides is 1. The monoisotopic (exact) mass is 262 g/mol. The van der Waals surface area contributed by atoms with E-state index in [-0.39, 0.29) is 19.0 Å². The van der Waals surface area contributed by atoms with Crippen LogP contribution in [0.25, 0.3) is 0 Å². The van der Waals surface area contributed by atoms with Gasteiger partial charge in [0.05, 0.1) is 6.61 Å². The van der Waals surface area contributed by atoms with Crippen molar-refractivity contribution in [2.24, 2.45) is 5.84 Å². The molecule has 0 aliphatic carbocycles. The van der Waals surface area contributed by atoms with Crippen molar-refractivity contribution < 1.29 is 19.1 Å². The van der Waals surface area contributed by atoms with Gasteiger partial charge in [-0.25, -0.2) is 5.84 Å². The number of furan rings is 1. The Labute approximate surface area is 109 Å². The van der Waals surface area contributed by atoms with E-state index in [0.29, 0.717) is 11.5 Å². The quantitative estimate of drug-likeness (QED) is 0.423. The van der Waals surface area contributed by atoms with Crippen molar-refractivity contribution >= 4 is 5.91 Å². The van der Waals surface area contributed by atoms with Gasteiger partial charge in [0.15, 0.2) is 5.76 Å². The zero-order valence-corrected chi connectivity index (χ0v) is 10.1. The van der Waals surface area contributed by atoms with Crippen LogP contribution in [0.1, 0.15) is 21.9 Å². The lowest BCUT2D eigenvalue weighted by molar-refractivity contribution is 0.0922. The van der Waals surface area contributed by atoms with Gasteiger partial charge in [-0.05, 0) is 29.8 Å². The molecule has 6 heteroatoms. The second kappa shape index (κ2) is 6.03. The third-order valence-corrected chi connectivity index (χ3v) is 2.48. The maximum Gasteiger partial charge on any atom is 0.300 e. The minimum Gasteiger partial charge on any atom is -0.486 e. The van der Waals surface area contributed by atoms with Crippen LogP contribution in [0.4, 0.5) is 0 Å². The van der Waals surface area contributed by atoms with Crippen molar-refractivity contribution in [3.05, 3.63) is 53.5 Å². The molecule has 2 rings (SSSR count). The molecule has 19 heavy (non-hydrogen) atoms. The number of rotatable bonds is 5. The van der Waals surface area contributed by atoms with Gasteiger partial charge >= 0.3 is 5.91 Å². The predicted octanol–water partition coefficient (Wildman–Crippen LogP) is 0.954. The molecule has 1 aromatic carbocycles. The predicted molar refractivity (Wildman–Crippen MR) is 67.1 cm³/mol. The van der Waals surface area contributed by atoms with Crippen LogP contribution in [-0.2, 0) is 13.2 Å². The van der Waals surface area contributed by atoms with Crippen LogP contribution in [-0.4, -0.2) is 11.0 Å². The highest BCUT2D eigenvalue weighted by Gasteiger charge is 2.09. The zero-order valence-electron chi connectivity index (χ0n) is 10.1. The Kier molecular flexibility index (Phi) is 4.17. The Morgan fingerprint density at radius 1 is 1.37 bits per heavy atom. The van der Waals surface area contributed by atoms with Crippen LogP contribution in [0.5, 0.6) is 5.75 Å². The van der Waals surface area contributed by atoms with Crippen LogP contribution in [0.2, 0.25) is 0 Å². The molecule has 2 aromatic rings. The van der Waals surface area contributed by atoms with Crippen LogP contribution < -0.4 is 16.0 Å². The second-order valence-electron chi connectivity index (χ2n) is 3.83. The van der Waals surface area contributed by atoms with Crippen LogP contribution in [0, 0.1) is 0 Å². The van der Waals surface area contributed by atoms with Gasteiger partial charge in [0.2, 0.25) is 0 Å². The average Bonchev–Trinajstić information content (AvgIpc) is 2.93. The summed E-state index contributed by atoms with van der Waals surface area (Å²) in [5.74, 6) is 5.76. The maximum absolute atomic E-state index is 11.2. The number of hydrogen-bond donors (Lipinski definition) is 3. The summed E-state index contributed by atoms with van der Waals surface area (Å²) in [4.78, 5) is 11.2. The van der Waals surface area contributed by atoms with Crippen molar-refractivity contribution in [2.45, 2.75) is 13.2 Å². The van der Waals surface area contributed by atoms with E-state index >= 15 is 0 Å². The van der Waals surface area contributed by atoms with Crippen molar-refractivity contribution in [1.82, 2.24) is 5.43 Å². The molecule has 0 radical (unpaired) electrons. The van der Waals surface area contributed by atoms with E-state index in [1.54, 1.807) is 30.3 Å². The fourth-order valence-electron chi connectivity index (χ4n) is 1.54. The van der Waals surface area contributed by atoms with Gasteiger partial charge in [-0.1, -0.05) is 12.1 Å². The fraction of sp³-hybridized carbons (Fsp3) is 0.154. The first kappa shape index (κ1) is 13.1. The number of hydrazine groups is 1. The molecule has 0 bridgehead atoms. The topological polar surface area (TPSA) is 97.7 Å². The Morgan fingerprint density at radius 3 is 2.95 bits per heavy atom. The Balaban J connectivity index is 1.98. The van der Waals surface area contributed by atoms with E-state index in [1.165, 1.54) is 6.07 Å². The number of carbonyl (C=O) groups excluding carboxylic acids is 1. The van der Waals surface area contributed by atoms with Gasteiger partial charge in [-0.2, -0.15) is 0 Å². The zero-order chi connectivity index (χ0) is 13.7. The standard InChI is InChI=1S/C13H14N2O4/c14-15-13(17)12-5-4-11(19-12)8-18-10-3-1-2-9(6-10)7-16/h1-6,16H,7-8,14H2,(H,15,17). The molecule has 0 saturated heterocycles. The lowest BCUT2D eigenvalue weighted by Gasteiger charge is -2.05. The minimum atomic E-state index is -0.492. The number of aliphatic hydroxyl groups is 1. The average molecular weight is 262 g/mol. The first-order valence-electron chi connectivity index (χ1n) is 5.65. The Bertz CT molecular complexity index is 565. The summed E-state index contributed by atoms with van der Waals surface area (Å²) in [6.45, 7) is 0.144. The number of hydrogen-bond acceptors (Lipinski definition) is 5. The van der Waals surface area contributed by atoms with E-state index in [0.717, 1.165) is 5.56 Å². The molecule has 0 saturated carbocycles. The largest absolute Gasteiger partial charge is 0.486 e. The van der Waals surface area contributed by atoms with E-state index in [9.17, 15) is 4.79 Å². The molecule has 0 atom stereocenters. The minimum absolute atomic E-state index is 0.0429. The summed E-state index contributed by atoms with van der Waals surface area (Å²) in [6, 6.07) is 10.2. The summed E-state index contributed by atoms with van der Waals surface area (Å²) in [6.07, 6.45) is 0. The maximum atomic E-state index is 11.2. The highest BCUT2D eigenvalue weighted by molar-refractivity contribution is 5.90. The molecule has 0 spiro atoms. The summed E-state index contributed by atoms with van der Waals surface area (Å²) < 4.78 is 10.7. The van der Waals surface area contributed by atoms with Gasteiger partial charge in [0.25, 0.3) is 0 Å². The number of carbonyl (C=O) groups is 1. The molecule has 100 valence electrons. The Hall–Kier alpha value is -2.31. The van der Waals surface area contributed by atoms with Crippen molar-refractivity contribution in [3.63, 3.8) is 0 Å². The molecule has 0 unspecified atom stereocenters. The lowest BCUT2D eigenvalue weighted by Crippen LogP contribution is -2.29. The SMILES string of the molecule is NNC(=O)c1ccc(COc2cccc(CO)c2)o1. The molecular weight excluding hydrogens is 248 g/mol. The van der Waals surface area contributed by atoms with Crippen molar-refractivity contribution in [1.29, 1.82) is 0 Å². The molecule has 1 aromatic heterocycles. The van der Waals surface area contributed by atoms with Crippen LogP contribution >= 0.6 is 0 Å². The number of benzene rings is 1. The van der Waals surface area contributed by atoms with Gasteiger partial charge in [-0.15, -0.1) is 0 Å². The molecule has 0 aliphatic rings. The summed E-state index contributed by atoms with van der Waals surface area (Å²) in [7, 11) is 0. The number of ether oxygens (including phenoxy) is 1. The molecule has 6 nitrogen and oxygen atoms in total. The molecule has 0 aliphatic heterocycles. The number of nitrogens with two attached hydrogens (primary N) is 1. The van der Waals surface area contributed by atoms with Gasteiger partial charge < -0.3 is 14.3 Å². The van der Waals surface area contributed by atoms with E-state index in [2.05, 4.69) is 0 Å². The van der Waals surface area contributed by atoms with Gasteiger partial charge in [0, 0.05) is 0 Å². The second-order valence-corrected chi connectivity index (χ2v) is 3.83. The van der Waals surface area contributed by atoms with E-state index < -0.39 is 5.91 Å². The molecule has 4 N–H and O–H groups in total. The van der Waals surface area contributed by atoms with Crippen LogP contribution in [0.3, 0.4) is 0 Å². The third kappa shape index (κ3) is 3.34. The van der Waals surface area contributed by atoms with E-state index in [1.807, 2.05) is 5.43 Å². The lowest BCUT2D eigenvalue weighted by atomic mass is 10.2. The number of aliphatic hydroxyl groups excluding tert-OH is 1. The van der Waals surface area contributed by atoms with Crippen molar-refractivity contribution in [3.8, 4) is 5.75 Å². The number of nitrogen functional groups attached to an aromatic ring is 1. The summed E-state index contributed by atoms with van der Waals surface area (Å²) >= 11 is 0. The van der Waals surface area contributed by atoms with Gasteiger partial charge in [-0.3, -0.25) is 10.2 Å². The molecular formula is C13H14N2O4. The van der Waals surface area contributed by atoms with Crippen LogP contribution in [0.15, 0.2) is 40.8 Å².